The van der Waals surface area contributed by atoms with Crippen molar-refractivity contribution in [2.75, 3.05) is 25.1 Å². The summed E-state index contributed by atoms with van der Waals surface area (Å²) in [5, 5.41) is 1.11. The third-order valence-electron chi connectivity index (χ3n) is 5.69. The minimum atomic E-state index is 0.536. The first-order valence-corrected chi connectivity index (χ1v) is 10.0. The number of aromatic nitrogens is 2. The fourth-order valence-corrected chi connectivity index (χ4v) is 4.12. The molecule has 0 bridgehead atoms. The molecule has 1 atom stereocenters. The van der Waals surface area contributed by atoms with E-state index in [4.69, 9.17) is 14.7 Å². The molecule has 1 saturated heterocycles. The summed E-state index contributed by atoms with van der Waals surface area (Å²) in [6.45, 7) is 1.98. The Bertz CT molecular complexity index is 1130. The lowest BCUT2D eigenvalue weighted by Gasteiger charge is -2.20. The van der Waals surface area contributed by atoms with Crippen LogP contribution >= 0.6 is 0 Å². The zero-order valence-electron chi connectivity index (χ0n) is 16.5. The molecule has 0 N–H and O–H groups in total. The van der Waals surface area contributed by atoms with Crippen molar-refractivity contribution in [3.8, 4) is 17.1 Å². The Balaban J connectivity index is 1.54. The first-order valence-electron chi connectivity index (χ1n) is 10.0. The van der Waals surface area contributed by atoms with E-state index in [9.17, 15) is 0 Å². The highest BCUT2D eigenvalue weighted by molar-refractivity contribution is 5.91. The molecule has 29 heavy (non-hydrogen) atoms. The maximum Gasteiger partial charge on any atom is 0.162 e. The fourth-order valence-electron chi connectivity index (χ4n) is 4.12. The molecule has 5 rings (SSSR count). The molecule has 2 heterocycles. The second kappa shape index (κ2) is 7.55. The topological polar surface area (TPSA) is 38.2 Å². The number of anilines is 1. The summed E-state index contributed by atoms with van der Waals surface area (Å²) in [6, 6.07) is 27.0. The maximum absolute atomic E-state index is 5.29. The van der Waals surface area contributed by atoms with Crippen LogP contribution in [0.4, 0.5) is 5.82 Å². The van der Waals surface area contributed by atoms with Crippen LogP contribution in [0.2, 0.25) is 0 Å². The maximum atomic E-state index is 5.29. The van der Waals surface area contributed by atoms with E-state index in [1.165, 1.54) is 5.56 Å². The van der Waals surface area contributed by atoms with Crippen LogP contribution in [-0.2, 0) is 0 Å². The first-order chi connectivity index (χ1) is 14.3. The second-order valence-corrected chi connectivity index (χ2v) is 7.46. The standard InChI is InChI=1S/C25H23N3O/c1-29-21-13-11-19(12-14-21)24-26-23-10-6-5-9-22(23)25(27-24)28-16-15-20(17-28)18-7-3-2-4-8-18/h2-14,20H,15-17H2,1H3. The van der Waals surface area contributed by atoms with Gasteiger partial charge in [-0.3, -0.25) is 0 Å². The van der Waals surface area contributed by atoms with Crippen molar-refractivity contribution in [1.82, 2.24) is 9.97 Å². The van der Waals surface area contributed by atoms with Gasteiger partial charge in [0, 0.05) is 30.0 Å². The molecule has 0 aliphatic carbocycles. The Kier molecular flexibility index (Phi) is 4.60. The van der Waals surface area contributed by atoms with Crippen molar-refractivity contribution in [1.29, 1.82) is 0 Å². The van der Waals surface area contributed by atoms with Crippen LogP contribution in [0.15, 0.2) is 78.9 Å². The molecule has 0 spiro atoms. The van der Waals surface area contributed by atoms with Crippen LogP contribution in [-0.4, -0.2) is 30.2 Å². The van der Waals surface area contributed by atoms with Crippen LogP contribution in [0.5, 0.6) is 5.75 Å². The molecule has 0 saturated carbocycles. The van der Waals surface area contributed by atoms with Crippen LogP contribution in [0.1, 0.15) is 17.9 Å². The van der Waals surface area contributed by atoms with Crippen LogP contribution in [0.25, 0.3) is 22.3 Å². The average Bonchev–Trinajstić information content (AvgIpc) is 3.29. The van der Waals surface area contributed by atoms with Gasteiger partial charge >= 0.3 is 0 Å². The number of para-hydroxylation sites is 1. The van der Waals surface area contributed by atoms with Crippen LogP contribution < -0.4 is 9.64 Å². The van der Waals surface area contributed by atoms with Crippen molar-refractivity contribution in [2.24, 2.45) is 0 Å². The lowest BCUT2D eigenvalue weighted by atomic mass is 9.99. The highest BCUT2D eigenvalue weighted by atomic mass is 16.5. The molecule has 1 aliphatic heterocycles. The van der Waals surface area contributed by atoms with Gasteiger partial charge in [-0.2, -0.15) is 0 Å². The van der Waals surface area contributed by atoms with Crippen molar-refractivity contribution in [3.05, 3.63) is 84.4 Å². The minimum Gasteiger partial charge on any atom is -0.497 e. The molecule has 1 aliphatic rings. The Morgan fingerprint density at radius 3 is 2.41 bits per heavy atom. The molecule has 1 aromatic heterocycles. The number of hydrogen-bond acceptors (Lipinski definition) is 4. The number of methoxy groups -OCH3 is 1. The average molecular weight is 381 g/mol. The van der Waals surface area contributed by atoms with E-state index in [2.05, 4.69) is 53.4 Å². The summed E-state index contributed by atoms with van der Waals surface area (Å²) < 4.78 is 5.29. The van der Waals surface area contributed by atoms with Crippen LogP contribution in [0, 0.1) is 0 Å². The van der Waals surface area contributed by atoms with Gasteiger partial charge in [-0.25, -0.2) is 9.97 Å². The Hall–Kier alpha value is -3.40. The summed E-state index contributed by atoms with van der Waals surface area (Å²) in [7, 11) is 1.68. The molecule has 4 nitrogen and oxygen atoms in total. The van der Waals surface area contributed by atoms with E-state index in [1.54, 1.807) is 7.11 Å². The lowest BCUT2D eigenvalue weighted by Crippen LogP contribution is -2.21. The van der Waals surface area contributed by atoms with Gasteiger partial charge in [0.15, 0.2) is 5.82 Å². The molecular weight excluding hydrogens is 358 g/mol. The van der Waals surface area contributed by atoms with E-state index in [0.29, 0.717) is 5.92 Å². The largest absolute Gasteiger partial charge is 0.497 e. The van der Waals surface area contributed by atoms with E-state index in [1.807, 2.05) is 30.3 Å². The number of nitrogens with zero attached hydrogens (tertiary/aromatic N) is 3. The van der Waals surface area contributed by atoms with Crippen LogP contribution in [0.3, 0.4) is 0 Å². The molecule has 4 heteroatoms. The molecule has 1 unspecified atom stereocenters. The van der Waals surface area contributed by atoms with E-state index < -0.39 is 0 Å². The lowest BCUT2D eigenvalue weighted by molar-refractivity contribution is 0.415. The quantitative estimate of drug-likeness (QED) is 0.481. The summed E-state index contributed by atoms with van der Waals surface area (Å²) in [4.78, 5) is 12.3. The summed E-state index contributed by atoms with van der Waals surface area (Å²) in [5.74, 6) is 3.15. The zero-order chi connectivity index (χ0) is 19.6. The number of fused-ring (bicyclic) bond motifs is 1. The first kappa shape index (κ1) is 17.7. The number of rotatable bonds is 4. The third-order valence-corrected chi connectivity index (χ3v) is 5.69. The predicted octanol–water partition coefficient (Wildman–Crippen LogP) is 5.30. The van der Waals surface area contributed by atoms with Gasteiger partial charge in [-0.05, 0) is 48.4 Å². The van der Waals surface area contributed by atoms with Gasteiger partial charge in [0.25, 0.3) is 0 Å². The number of ether oxygens (including phenoxy) is 1. The van der Waals surface area contributed by atoms with Gasteiger partial charge < -0.3 is 9.64 Å². The number of benzene rings is 3. The monoisotopic (exact) mass is 381 g/mol. The Labute approximate surface area is 170 Å². The minimum absolute atomic E-state index is 0.536. The molecule has 144 valence electrons. The normalized spacial score (nSPS) is 16.3. The third kappa shape index (κ3) is 3.42. The van der Waals surface area contributed by atoms with Gasteiger partial charge in [0.1, 0.15) is 11.6 Å². The molecule has 0 radical (unpaired) electrons. The Morgan fingerprint density at radius 1 is 0.862 bits per heavy atom. The fraction of sp³-hybridized carbons (Fsp3) is 0.200. The summed E-state index contributed by atoms with van der Waals surface area (Å²) in [5.41, 5.74) is 3.38. The van der Waals surface area contributed by atoms with Gasteiger partial charge in [-0.15, -0.1) is 0 Å². The van der Waals surface area contributed by atoms with Crippen molar-refractivity contribution in [3.63, 3.8) is 0 Å². The molecule has 0 amide bonds. The molecule has 3 aromatic carbocycles. The smallest absolute Gasteiger partial charge is 0.162 e. The van der Waals surface area contributed by atoms with E-state index >= 15 is 0 Å². The van der Waals surface area contributed by atoms with Gasteiger partial charge in [-0.1, -0.05) is 42.5 Å². The van der Waals surface area contributed by atoms with Gasteiger partial charge in [0.05, 0.1) is 12.6 Å². The highest BCUT2D eigenvalue weighted by Crippen LogP contribution is 2.34. The molecular formula is C25H23N3O. The van der Waals surface area contributed by atoms with Crippen molar-refractivity contribution in [2.45, 2.75) is 12.3 Å². The van der Waals surface area contributed by atoms with E-state index in [-0.39, 0.29) is 0 Å². The van der Waals surface area contributed by atoms with Crippen molar-refractivity contribution >= 4 is 16.7 Å². The summed E-state index contributed by atoms with van der Waals surface area (Å²) >= 11 is 0. The highest BCUT2D eigenvalue weighted by Gasteiger charge is 2.26. The number of hydrogen-bond donors (Lipinski definition) is 0. The summed E-state index contributed by atoms with van der Waals surface area (Å²) in [6.07, 6.45) is 1.14. The van der Waals surface area contributed by atoms with Gasteiger partial charge in [0.2, 0.25) is 0 Å². The Morgan fingerprint density at radius 2 is 1.62 bits per heavy atom. The van der Waals surface area contributed by atoms with E-state index in [0.717, 1.165) is 53.4 Å². The molecule has 4 aromatic rings. The van der Waals surface area contributed by atoms with Crippen molar-refractivity contribution < 1.29 is 4.74 Å². The second-order valence-electron chi connectivity index (χ2n) is 7.46. The SMILES string of the molecule is COc1ccc(-c2nc(N3CCC(c4ccccc4)C3)c3ccccc3n2)cc1. The molecule has 1 fully saturated rings. The predicted molar refractivity (Wildman–Crippen MR) is 118 cm³/mol. The zero-order valence-corrected chi connectivity index (χ0v) is 16.5.